The molecule has 13 heteroatoms. The number of sulfone groups is 1. The van der Waals surface area contributed by atoms with Gasteiger partial charge in [-0.1, -0.05) is 31.8 Å². The zero-order valence-electron chi connectivity index (χ0n) is 23.6. The van der Waals surface area contributed by atoms with Crippen LogP contribution in [0.1, 0.15) is 43.8 Å². The summed E-state index contributed by atoms with van der Waals surface area (Å²) >= 11 is 0. The van der Waals surface area contributed by atoms with Gasteiger partial charge in [-0.2, -0.15) is 14.9 Å². The van der Waals surface area contributed by atoms with E-state index in [0.717, 1.165) is 12.8 Å². The Morgan fingerprint density at radius 1 is 1.12 bits per heavy atom. The molecule has 4 aliphatic rings. The second kappa shape index (κ2) is 10.1. The number of hydrogen-bond acceptors (Lipinski definition) is 9. The van der Waals surface area contributed by atoms with E-state index in [1.165, 1.54) is 29.2 Å². The molecule has 4 bridgehead atoms. The number of aromatic nitrogens is 5. The van der Waals surface area contributed by atoms with Crippen molar-refractivity contribution in [2.45, 2.75) is 49.8 Å². The lowest BCUT2D eigenvalue weighted by molar-refractivity contribution is 0.0416. The Hall–Kier alpha value is -3.89. The van der Waals surface area contributed by atoms with Gasteiger partial charge >= 0.3 is 0 Å². The first-order valence-corrected chi connectivity index (χ1v) is 15.9. The van der Waals surface area contributed by atoms with Gasteiger partial charge in [0.25, 0.3) is 5.95 Å². The predicted molar refractivity (Wildman–Crippen MR) is 151 cm³/mol. The molecule has 0 amide bonds. The molecule has 2 fully saturated rings. The van der Waals surface area contributed by atoms with Crippen LogP contribution in [0.25, 0.3) is 11.6 Å². The average Bonchev–Trinajstić information content (AvgIpc) is 3.48. The van der Waals surface area contributed by atoms with Gasteiger partial charge in [0.1, 0.15) is 29.3 Å². The first kappa shape index (κ1) is 27.9. The molecule has 0 spiro atoms. The van der Waals surface area contributed by atoms with Crippen molar-refractivity contribution in [1.82, 2.24) is 24.7 Å². The maximum atomic E-state index is 14.8. The highest BCUT2D eigenvalue weighted by atomic mass is 32.2. The summed E-state index contributed by atoms with van der Waals surface area (Å²) in [6, 6.07) is 4.98. The Morgan fingerprint density at radius 2 is 1.91 bits per heavy atom. The van der Waals surface area contributed by atoms with E-state index in [1.54, 1.807) is 12.3 Å². The van der Waals surface area contributed by atoms with Crippen LogP contribution in [0, 0.1) is 40.7 Å². The van der Waals surface area contributed by atoms with Crippen molar-refractivity contribution in [2.24, 2.45) is 27.5 Å². The van der Waals surface area contributed by atoms with Gasteiger partial charge in [-0.25, -0.2) is 32.2 Å². The van der Waals surface area contributed by atoms with Gasteiger partial charge in [-0.3, -0.25) is 0 Å². The SMILES string of the molecule is CC1(C)[C@H]2CC[C@]1(c1ccnc(-n3cnc(CCS(=O)(=O)C4COC4)n3)n1)C1C#CC2/C=C(c2c(F)cccc2F)\N=N/1. The Bertz CT molecular complexity index is 1820. The average molecular weight is 606 g/mol. The van der Waals surface area contributed by atoms with E-state index in [0.29, 0.717) is 11.5 Å². The zero-order chi connectivity index (χ0) is 30.0. The van der Waals surface area contributed by atoms with Crippen molar-refractivity contribution < 1.29 is 21.9 Å². The van der Waals surface area contributed by atoms with Gasteiger partial charge in [-0.05, 0) is 48.4 Å². The number of benzene rings is 1. The normalized spacial score (nSPS) is 29.4. The third-order valence-electron chi connectivity index (χ3n) is 9.62. The number of aryl methyl sites for hydroxylation is 1. The molecule has 1 saturated heterocycles. The van der Waals surface area contributed by atoms with Crippen molar-refractivity contribution in [3.05, 3.63) is 71.6 Å². The maximum absolute atomic E-state index is 14.8. The fourth-order valence-corrected chi connectivity index (χ4v) is 8.44. The minimum absolute atomic E-state index is 0.0535. The molecule has 222 valence electrons. The minimum Gasteiger partial charge on any atom is -0.379 e. The lowest BCUT2D eigenvalue weighted by Gasteiger charge is -2.45. The predicted octanol–water partition coefficient (Wildman–Crippen LogP) is 3.87. The van der Waals surface area contributed by atoms with Gasteiger partial charge in [0.05, 0.1) is 41.3 Å². The molecule has 3 aromatic rings. The summed E-state index contributed by atoms with van der Waals surface area (Å²) in [4.78, 5) is 13.7. The molecule has 1 saturated carbocycles. The summed E-state index contributed by atoms with van der Waals surface area (Å²) in [5.74, 6) is 5.63. The molecule has 7 rings (SSSR count). The highest BCUT2D eigenvalue weighted by Crippen LogP contribution is 2.63. The van der Waals surface area contributed by atoms with Crippen LogP contribution in [0.15, 0.2) is 53.1 Å². The topological polar surface area (TPSA) is 125 Å². The van der Waals surface area contributed by atoms with Crippen molar-refractivity contribution in [3.63, 3.8) is 0 Å². The summed E-state index contributed by atoms with van der Waals surface area (Å²) in [7, 11) is -3.28. The molecule has 2 aromatic heterocycles. The molecule has 43 heavy (non-hydrogen) atoms. The molecule has 0 N–H and O–H groups in total. The number of halogens is 2. The Labute approximate surface area is 247 Å². The van der Waals surface area contributed by atoms with Crippen molar-refractivity contribution >= 4 is 15.5 Å². The highest BCUT2D eigenvalue weighted by molar-refractivity contribution is 7.92. The summed E-state index contributed by atoms with van der Waals surface area (Å²) in [5.41, 5.74) is -0.406. The van der Waals surface area contributed by atoms with E-state index >= 15 is 0 Å². The number of hydrogen-bond donors (Lipinski definition) is 0. The maximum Gasteiger partial charge on any atom is 0.252 e. The largest absolute Gasteiger partial charge is 0.379 e. The van der Waals surface area contributed by atoms with E-state index in [4.69, 9.17) is 9.72 Å². The number of azo groups is 1. The number of rotatable bonds is 7. The third-order valence-corrected chi connectivity index (χ3v) is 11.7. The van der Waals surface area contributed by atoms with E-state index in [-0.39, 0.29) is 54.4 Å². The summed E-state index contributed by atoms with van der Waals surface area (Å²) in [6.07, 6.45) is 6.60. The quantitative estimate of drug-likeness (QED) is 0.375. The van der Waals surface area contributed by atoms with Crippen molar-refractivity contribution in [3.8, 4) is 17.8 Å². The molecule has 4 heterocycles. The molecule has 2 unspecified atom stereocenters. The number of allylic oxidation sites excluding steroid dienone is 1. The van der Waals surface area contributed by atoms with Crippen molar-refractivity contribution in [2.75, 3.05) is 19.0 Å². The van der Waals surface area contributed by atoms with E-state index < -0.39 is 43.6 Å². The van der Waals surface area contributed by atoms with Crippen molar-refractivity contribution in [1.29, 1.82) is 0 Å². The van der Waals surface area contributed by atoms with E-state index in [9.17, 15) is 17.2 Å². The number of nitrogens with zero attached hydrogens (tertiary/aromatic N) is 7. The van der Waals surface area contributed by atoms with E-state index in [1.807, 2.05) is 6.07 Å². The summed E-state index contributed by atoms with van der Waals surface area (Å²) in [5, 5.41) is 13.0. The fraction of sp³-hybridized carbons (Fsp3) is 0.467. The third kappa shape index (κ3) is 4.41. The van der Waals surface area contributed by atoms with Crippen LogP contribution >= 0.6 is 0 Å². The van der Waals surface area contributed by atoms with Crippen LogP contribution in [0.4, 0.5) is 8.78 Å². The van der Waals surface area contributed by atoms with Gasteiger partial charge in [-0.15, -0.1) is 5.10 Å². The smallest absolute Gasteiger partial charge is 0.252 e. The van der Waals surface area contributed by atoms with Gasteiger partial charge in [0, 0.05) is 18.5 Å². The monoisotopic (exact) mass is 605 g/mol. The first-order valence-electron chi connectivity index (χ1n) is 14.2. The Balaban J connectivity index is 1.23. The number of ether oxygens (including phenoxy) is 1. The Kier molecular flexibility index (Phi) is 6.55. The van der Waals surface area contributed by atoms with Crippen LogP contribution in [-0.2, 0) is 26.4 Å². The molecule has 4 atom stereocenters. The summed E-state index contributed by atoms with van der Waals surface area (Å²) < 4.78 is 60.9. The zero-order valence-corrected chi connectivity index (χ0v) is 24.4. The van der Waals surface area contributed by atoms with Gasteiger partial charge < -0.3 is 4.74 Å². The Morgan fingerprint density at radius 3 is 2.65 bits per heavy atom. The molecular formula is C30H29F2N7O3S. The molecular weight excluding hydrogens is 576 g/mol. The second-order valence-electron chi connectivity index (χ2n) is 12.0. The van der Waals surface area contributed by atoms with Gasteiger partial charge in [0.15, 0.2) is 15.7 Å². The molecule has 2 aliphatic heterocycles. The van der Waals surface area contributed by atoms with Crippen LogP contribution in [0.2, 0.25) is 0 Å². The minimum atomic E-state index is -3.28. The summed E-state index contributed by atoms with van der Waals surface area (Å²) in [6.45, 7) is 4.79. The van der Waals surface area contributed by atoms with E-state index in [2.05, 4.69) is 51.0 Å². The molecule has 1 aromatic carbocycles. The highest BCUT2D eigenvalue weighted by Gasteiger charge is 2.63. The molecule has 10 nitrogen and oxygen atoms in total. The number of fused-ring (bicyclic) bond motifs is 6. The standard InChI is InChI=1S/C30H29F2N7O3S/c1-29(2)20-8-11-30(29,25-7-6-18(20)14-23(36-37-25)27-21(31)4-3-5-22(27)32)24-9-12-33-28(35-24)39-17-34-26(38-39)10-13-43(40,41)19-15-42-16-19/h3-5,9,12,14,17-20,25H,8,10-11,13,15-16H2,1-2H3/b23-14-,37-36-/t18?,20-,25?,30-/m0/s1. The van der Waals surface area contributed by atoms with Crippen LogP contribution < -0.4 is 0 Å². The lowest BCUT2D eigenvalue weighted by Crippen LogP contribution is -2.48. The second-order valence-corrected chi connectivity index (χ2v) is 14.4. The van der Waals surface area contributed by atoms with Crippen LogP contribution in [0.3, 0.4) is 0 Å². The molecule has 0 radical (unpaired) electrons. The fourth-order valence-electron chi connectivity index (χ4n) is 7.03. The first-order chi connectivity index (χ1) is 20.6. The van der Waals surface area contributed by atoms with Gasteiger partial charge in [0.2, 0.25) is 0 Å². The lowest BCUT2D eigenvalue weighted by atomic mass is 9.59. The van der Waals surface area contributed by atoms with Crippen LogP contribution in [-0.4, -0.2) is 63.4 Å². The molecule has 2 aliphatic carbocycles. The van der Waals surface area contributed by atoms with Crippen LogP contribution in [0.5, 0.6) is 0 Å².